The second kappa shape index (κ2) is 8.24. The molecule has 0 aliphatic carbocycles. The third-order valence-electron chi connectivity index (χ3n) is 3.60. The molecular formula is C17H18N4O3S2. The minimum atomic E-state index is -0.278. The normalized spacial score (nSPS) is 10.6. The number of rotatable bonds is 7. The van der Waals surface area contributed by atoms with Crippen LogP contribution in [0.3, 0.4) is 0 Å². The number of amides is 1. The molecule has 0 bridgehead atoms. The molecule has 26 heavy (non-hydrogen) atoms. The molecule has 1 amide bonds. The number of methoxy groups -OCH3 is 2. The van der Waals surface area contributed by atoms with Gasteiger partial charge in [-0.05, 0) is 29.8 Å². The van der Waals surface area contributed by atoms with E-state index < -0.39 is 0 Å². The lowest BCUT2D eigenvalue weighted by atomic mass is 10.2. The number of hydrogen-bond acceptors (Lipinski definition) is 7. The van der Waals surface area contributed by atoms with Crippen molar-refractivity contribution in [2.24, 2.45) is 0 Å². The maximum atomic E-state index is 13.0. The van der Waals surface area contributed by atoms with Gasteiger partial charge in [-0.2, -0.15) is 0 Å². The van der Waals surface area contributed by atoms with Crippen molar-refractivity contribution in [2.45, 2.75) is 5.88 Å². The number of thiophene rings is 1. The molecule has 9 heteroatoms. The molecular weight excluding hydrogens is 372 g/mol. The van der Waals surface area contributed by atoms with Crippen LogP contribution in [0.25, 0.3) is 10.6 Å². The third-order valence-corrected chi connectivity index (χ3v) is 4.98. The van der Waals surface area contributed by atoms with Crippen molar-refractivity contribution in [3.63, 3.8) is 0 Å². The zero-order valence-corrected chi connectivity index (χ0v) is 16.2. The predicted octanol–water partition coefficient (Wildman–Crippen LogP) is 3.60. The van der Waals surface area contributed by atoms with Gasteiger partial charge in [0.25, 0.3) is 5.91 Å². The highest BCUT2D eigenvalue weighted by molar-refractivity contribution is 7.97. The number of ether oxygens (including phenoxy) is 2. The van der Waals surface area contributed by atoms with Crippen molar-refractivity contribution in [3.8, 4) is 22.1 Å². The molecule has 7 nitrogen and oxygen atoms in total. The summed E-state index contributed by atoms with van der Waals surface area (Å²) in [7, 11) is 3.12. The first-order chi connectivity index (χ1) is 12.7. The molecule has 0 spiro atoms. The van der Waals surface area contributed by atoms with Crippen molar-refractivity contribution in [1.82, 2.24) is 15.0 Å². The number of nitrogens with one attached hydrogen (secondary N) is 1. The molecule has 0 unspecified atom stereocenters. The van der Waals surface area contributed by atoms with Gasteiger partial charge in [0.2, 0.25) is 0 Å². The molecule has 2 heterocycles. The van der Waals surface area contributed by atoms with Crippen molar-refractivity contribution in [2.75, 3.05) is 25.8 Å². The van der Waals surface area contributed by atoms with Gasteiger partial charge < -0.3 is 14.8 Å². The lowest BCUT2D eigenvalue weighted by Crippen LogP contribution is -2.18. The Morgan fingerprint density at radius 3 is 2.73 bits per heavy atom. The topological polar surface area (TPSA) is 78.3 Å². The number of benzene rings is 1. The van der Waals surface area contributed by atoms with Crippen LogP contribution >= 0.6 is 23.1 Å². The molecule has 3 rings (SSSR count). The average molecular weight is 390 g/mol. The highest BCUT2D eigenvalue weighted by Gasteiger charge is 2.22. The van der Waals surface area contributed by atoms with Gasteiger partial charge in [0.15, 0.2) is 17.2 Å². The van der Waals surface area contributed by atoms with Gasteiger partial charge in [0, 0.05) is 11.8 Å². The summed E-state index contributed by atoms with van der Waals surface area (Å²) in [5.41, 5.74) is 1.60. The molecule has 1 N–H and O–H groups in total. The van der Waals surface area contributed by atoms with Crippen molar-refractivity contribution in [1.29, 1.82) is 0 Å². The summed E-state index contributed by atoms with van der Waals surface area (Å²) in [6.07, 6.45) is 1.95. The van der Waals surface area contributed by atoms with E-state index in [-0.39, 0.29) is 5.91 Å². The van der Waals surface area contributed by atoms with Crippen LogP contribution in [0.5, 0.6) is 11.5 Å². The second-order valence-corrected chi connectivity index (χ2v) is 6.99. The molecule has 0 saturated carbocycles. The first-order valence-electron chi connectivity index (χ1n) is 7.67. The van der Waals surface area contributed by atoms with E-state index in [1.807, 2.05) is 23.8 Å². The van der Waals surface area contributed by atoms with Gasteiger partial charge in [0.05, 0.1) is 25.0 Å². The standard InChI is InChI=1S/C17H18N4O3S2/c1-23-12-7-6-11(9-13(12)24-2)18-17(22)16-15(14-5-4-8-26-14)19-20-21(16)10-25-3/h4-9H,10H2,1-3H3,(H,18,22). The SMILES string of the molecule is COc1ccc(NC(=O)c2c(-c3cccs3)nnn2CSC)cc1OC. The van der Waals surface area contributed by atoms with Crippen LogP contribution in [0.2, 0.25) is 0 Å². The first-order valence-corrected chi connectivity index (χ1v) is 9.95. The van der Waals surface area contributed by atoms with E-state index >= 15 is 0 Å². The zero-order valence-electron chi connectivity index (χ0n) is 14.6. The van der Waals surface area contributed by atoms with Gasteiger partial charge in [0.1, 0.15) is 5.69 Å². The number of aromatic nitrogens is 3. The Hall–Kier alpha value is -2.52. The fourth-order valence-corrected chi connectivity index (χ4v) is 3.57. The molecule has 1 aromatic carbocycles. The minimum absolute atomic E-state index is 0.278. The van der Waals surface area contributed by atoms with Crippen molar-refractivity contribution >= 4 is 34.7 Å². The van der Waals surface area contributed by atoms with E-state index in [9.17, 15) is 4.79 Å². The smallest absolute Gasteiger partial charge is 0.276 e. The van der Waals surface area contributed by atoms with Crippen LogP contribution in [0.15, 0.2) is 35.7 Å². The van der Waals surface area contributed by atoms with Gasteiger partial charge >= 0.3 is 0 Å². The summed E-state index contributed by atoms with van der Waals surface area (Å²) in [6.45, 7) is 0. The number of carbonyl (C=O) groups is 1. The zero-order chi connectivity index (χ0) is 18.5. The lowest BCUT2D eigenvalue weighted by molar-refractivity contribution is 0.101. The molecule has 0 saturated heterocycles. The van der Waals surface area contributed by atoms with Crippen LogP contribution in [0.1, 0.15) is 10.5 Å². The Balaban J connectivity index is 1.93. The third kappa shape index (κ3) is 3.68. The summed E-state index contributed by atoms with van der Waals surface area (Å²) in [4.78, 5) is 13.9. The van der Waals surface area contributed by atoms with E-state index in [2.05, 4.69) is 15.6 Å². The summed E-state index contributed by atoms with van der Waals surface area (Å²) < 4.78 is 12.1. The predicted molar refractivity (Wildman–Crippen MR) is 104 cm³/mol. The summed E-state index contributed by atoms with van der Waals surface area (Å²) in [6, 6.07) is 9.05. The minimum Gasteiger partial charge on any atom is -0.493 e. The quantitative estimate of drug-likeness (QED) is 0.664. The first kappa shape index (κ1) is 18.3. The Morgan fingerprint density at radius 2 is 2.08 bits per heavy atom. The van der Waals surface area contributed by atoms with E-state index in [1.54, 1.807) is 48.9 Å². The molecule has 136 valence electrons. The van der Waals surface area contributed by atoms with E-state index in [1.165, 1.54) is 11.3 Å². The average Bonchev–Trinajstić information content (AvgIpc) is 3.31. The molecule has 0 aliphatic rings. The highest BCUT2D eigenvalue weighted by atomic mass is 32.2. The van der Waals surface area contributed by atoms with Crippen LogP contribution in [0, 0.1) is 0 Å². The second-order valence-electron chi connectivity index (χ2n) is 5.21. The molecule has 0 atom stereocenters. The Labute approximate surface area is 159 Å². The number of hydrogen-bond donors (Lipinski definition) is 1. The van der Waals surface area contributed by atoms with Crippen molar-refractivity contribution < 1.29 is 14.3 Å². The summed E-state index contributed by atoms with van der Waals surface area (Å²) in [5.74, 6) is 1.39. The molecule has 0 aliphatic heterocycles. The highest BCUT2D eigenvalue weighted by Crippen LogP contribution is 2.31. The maximum absolute atomic E-state index is 13.0. The largest absolute Gasteiger partial charge is 0.493 e. The van der Waals surface area contributed by atoms with Crippen LogP contribution < -0.4 is 14.8 Å². The fraction of sp³-hybridized carbons (Fsp3) is 0.235. The van der Waals surface area contributed by atoms with Crippen LogP contribution in [-0.2, 0) is 5.88 Å². The Morgan fingerprint density at radius 1 is 1.27 bits per heavy atom. The van der Waals surface area contributed by atoms with E-state index in [0.717, 1.165) is 4.88 Å². The summed E-state index contributed by atoms with van der Waals surface area (Å²) >= 11 is 3.08. The Kier molecular flexibility index (Phi) is 5.79. The molecule has 0 radical (unpaired) electrons. The van der Waals surface area contributed by atoms with Gasteiger partial charge in [-0.3, -0.25) is 4.79 Å². The lowest BCUT2D eigenvalue weighted by Gasteiger charge is -2.11. The fourth-order valence-electron chi connectivity index (χ4n) is 2.43. The van der Waals surface area contributed by atoms with E-state index in [0.29, 0.717) is 34.5 Å². The van der Waals surface area contributed by atoms with Crippen molar-refractivity contribution in [3.05, 3.63) is 41.4 Å². The number of carbonyl (C=O) groups excluding carboxylic acids is 1. The Bertz CT molecular complexity index is 894. The van der Waals surface area contributed by atoms with Gasteiger partial charge in [-0.25, -0.2) is 4.68 Å². The number of anilines is 1. The number of thioether (sulfide) groups is 1. The summed E-state index contributed by atoms with van der Waals surface area (Å²) in [5, 5.41) is 13.2. The van der Waals surface area contributed by atoms with Crippen LogP contribution in [0.4, 0.5) is 5.69 Å². The molecule has 0 fully saturated rings. The van der Waals surface area contributed by atoms with E-state index in [4.69, 9.17) is 9.47 Å². The molecule has 3 aromatic rings. The number of nitrogens with zero attached hydrogens (tertiary/aromatic N) is 3. The molecule has 2 aromatic heterocycles. The van der Waals surface area contributed by atoms with Gasteiger partial charge in [-0.15, -0.1) is 28.2 Å². The van der Waals surface area contributed by atoms with Gasteiger partial charge in [-0.1, -0.05) is 11.3 Å². The monoisotopic (exact) mass is 390 g/mol. The maximum Gasteiger partial charge on any atom is 0.276 e. The van der Waals surface area contributed by atoms with Crippen LogP contribution in [-0.4, -0.2) is 41.4 Å².